The molecule has 0 aliphatic rings. The van der Waals surface area contributed by atoms with Gasteiger partial charge in [0.15, 0.2) is 0 Å². The Labute approximate surface area is 43.1 Å². The van der Waals surface area contributed by atoms with Crippen molar-refractivity contribution in [3.63, 3.8) is 0 Å². The molecule has 0 nitrogen and oxygen atoms in total. The average Bonchev–Trinajstić information content (AvgIpc) is 1.35. The van der Waals surface area contributed by atoms with E-state index >= 15 is 0 Å². The Balaban J connectivity index is 2.63. The van der Waals surface area contributed by atoms with Gasteiger partial charge >= 0.3 is 0 Å². The molecule has 0 saturated heterocycles. The van der Waals surface area contributed by atoms with Crippen molar-refractivity contribution in [1.82, 2.24) is 0 Å². The summed E-state index contributed by atoms with van der Waals surface area (Å²) >= 11 is 3.10. The Bertz CT molecular complexity index is 28.7. The molecule has 0 rings (SSSR count). The van der Waals surface area contributed by atoms with Crippen LogP contribution in [0.1, 0.15) is 21.1 Å². The van der Waals surface area contributed by atoms with Crippen LogP contribution in [0.4, 0.5) is 0 Å². The summed E-state index contributed by atoms with van der Waals surface area (Å²) in [7, 11) is 0. The molecule has 5 heavy (non-hydrogen) atoms. The summed E-state index contributed by atoms with van der Waals surface area (Å²) in [6, 6.07) is 0. The minimum Gasteiger partial charge on any atom is -0.0928 e. The molecule has 0 aromatic carbocycles. The topological polar surface area (TPSA) is 0 Å². The van der Waals surface area contributed by atoms with E-state index in [9.17, 15) is 0 Å². The number of hydrogen-bond acceptors (Lipinski definition) is 0. The predicted octanol–water partition coefficient (Wildman–Crippen LogP) is 2.18. The molecule has 0 radical (unpaired) electrons. The van der Waals surface area contributed by atoms with Crippen LogP contribution >= 0.6 is 15.9 Å². The van der Waals surface area contributed by atoms with Crippen LogP contribution in [0, 0.1) is 0 Å². The fraction of sp³-hybridized carbons (Fsp3) is 1.00. The molecule has 0 spiro atoms. The summed E-state index contributed by atoms with van der Waals surface area (Å²) in [6.45, 7) is 2.07. The second kappa shape index (κ2) is 4.48. The standard InChI is InChI=1S/C4H9Br/c1-2-3-4-5/h2-4H2,1H3/i4D. The van der Waals surface area contributed by atoms with E-state index in [1.54, 1.807) is 0 Å². The third kappa shape index (κ3) is 4.48. The van der Waals surface area contributed by atoms with Gasteiger partial charge in [0.05, 0.1) is 0 Å². The Hall–Kier alpha value is 0.480. The first kappa shape index (κ1) is 3.66. The van der Waals surface area contributed by atoms with E-state index in [2.05, 4.69) is 22.9 Å². The predicted molar refractivity (Wildman–Crippen MR) is 28.7 cm³/mol. The highest BCUT2D eigenvalue weighted by Gasteiger charge is 1.69. The van der Waals surface area contributed by atoms with Crippen molar-refractivity contribution in [3.8, 4) is 0 Å². The average molecular weight is 138 g/mol. The fourth-order valence-corrected chi connectivity index (χ4v) is 0.567. The Morgan fingerprint density at radius 2 is 2.60 bits per heavy atom. The first-order chi connectivity index (χ1) is 2.77. The highest BCUT2D eigenvalue weighted by molar-refractivity contribution is 9.09. The van der Waals surface area contributed by atoms with Crippen molar-refractivity contribution in [2.24, 2.45) is 0 Å². The number of halogens is 1. The lowest BCUT2D eigenvalue weighted by atomic mass is 10.4. The molecule has 32 valence electrons. The molecular formula is C4H9Br. The molecule has 1 unspecified atom stereocenters. The van der Waals surface area contributed by atoms with Gasteiger partial charge in [-0.1, -0.05) is 29.3 Å². The van der Waals surface area contributed by atoms with Crippen LogP contribution in [-0.4, -0.2) is 5.31 Å². The number of rotatable bonds is 2. The number of alkyl halides is 1. The van der Waals surface area contributed by atoms with E-state index in [-0.39, 0.29) is 5.31 Å². The van der Waals surface area contributed by atoms with Crippen LogP contribution in [0.5, 0.6) is 0 Å². The van der Waals surface area contributed by atoms with Crippen molar-refractivity contribution >= 4 is 15.9 Å². The molecular weight excluding hydrogens is 128 g/mol. The smallest absolute Gasteiger partial charge is 0.0387 e. The highest BCUT2D eigenvalue weighted by atomic mass is 79.9. The van der Waals surface area contributed by atoms with Crippen molar-refractivity contribution in [2.45, 2.75) is 19.8 Å². The van der Waals surface area contributed by atoms with Crippen molar-refractivity contribution < 1.29 is 1.37 Å². The minimum absolute atomic E-state index is 0.0394. The second-order valence-corrected chi connectivity index (χ2v) is 1.59. The largest absolute Gasteiger partial charge is 0.0928 e. The van der Waals surface area contributed by atoms with E-state index in [0.29, 0.717) is 0 Å². The molecule has 0 heterocycles. The molecule has 1 atom stereocenters. The van der Waals surface area contributed by atoms with Gasteiger partial charge in [0, 0.05) is 6.68 Å². The van der Waals surface area contributed by atoms with Gasteiger partial charge in [-0.3, -0.25) is 0 Å². The second-order valence-electron chi connectivity index (χ2n) is 0.943. The molecule has 0 saturated carbocycles. The van der Waals surface area contributed by atoms with Crippen molar-refractivity contribution in [1.29, 1.82) is 0 Å². The molecule has 0 N–H and O–H groups in total. The maximum Gasteiger partial charge on any atom is 0.0387 e. The minimum atomic E-state index is -0.0394. The van der Waals surface area contributed by atoms with Crippen LogP contribution in [0.15, 0.2) is 0 Å². The third-order valence-electron chi connectivity index (χ3n) is 0.398. The van der Waals surface area contributed by atoms with Gasteiger partial charge in [-0.25, -0.2) is 0 Å². The van der Waals surface area contributed by atoms with E-state index in [0.717, 1.165) is 12.8 Å². The van der Waals surface area contributed by atoms with Crippen LogP contribution in [0.25, 0.3) is 0 Å². The van der Waals surface area contributed by atoms with E-state index in [1.165, 1.54) is 0 Å². The Morgan fingerprint density at radius 1 is 2.00 bits per heavy atom. The maximum atomic E-state index is 6.89. The summed E-state index contributed by atoms with van der Waals surface area (Å²) < 4.78 is 6.89. The summed E-state index contributed by atoms with van der Waals surface area (Å²) in [4.78, 5) is 0. The summed E-state index contributed by atoms with van der Waals surface area (Å²) in [6.07, 6.45) is 2.05. The van der Waals surface area contributed by atoms with Crippen LogP contribution < -0.4 is 0 Å². The van der Waals surface area contributed by atoms with Crippen LogP contribution in [0.2, 0.25) is 0 Å². The Kier molecular flexibility index (Phi) is 3.28. The normalized spacial score (nSPS) is 17.6. The van der Waals surface area contributed by atoms with Crippen LogP contribution in [-0.2, 0) is 0 Å². The molecule has 0 bridgehead atoms. The zero-order valence-corrected chi connectivity index (χ0v) is 4.96. The lowest BCUT2D eigenvalue weighted by Gasteiger charge is -1.77. The van der Waals surface area contributed by atoms with Gasteiger partial charge in [0.1, 0.15) is 0 Å². The Morgan fingerprint density at radius 3 is 2.60 bits per heavy atom. The van der Waals surface area contributed by atoms with Gasteiger partial charge in [0.25, 0.3) is 0 Å². The zero-order chi connectivity index (χ0) is 4.99. The first-order valence-corrected chi connectivity index (χ1v) is 2.75. The lowest BCUT2D eigenvalue weighted by molar-refractivity contribution is 0.902. The summed E-state index contributed by atoms with van der Waals surface area (Å²) in [5.74, 6) is 0. The highest BCUT2D eigenvalue weighted by Crippen LogP contribution is 1.89. The van der Waals surface area contributed by atoms with E-state index in [4.69, 9.17) is 1.37 Å². The van der Waals surface area contributed by atoms with Gasteiger partial charge in [-0.05, 0) is 6.42 Å². The van der Waals surface area contributed by atoms with E-state index in [1.807, 2.05) is 0 Å². The SMILES string of the molecule is [2H]C(Br)CCC. The summed E-state index contributed by atoms with van der Waals surface area (Å²) in [5.41, 5.74) is 0. The van der Waals surface area contributed by atoms with Crippen LogP contribution in [0.3, 0.4) is 0 Å². The maximum absolute atomic E-state index is 6.89. The quantitative estimate of drug-likeness (QED) is 0.513. The molecule has 0 aromatic heterocycles. The first-order valence-electron chi connectivity index (χ1n) is 2.41. The van der Waals surface area contributed by atoms with E-state index < -0.39 is 0 Å². The van der Waals surface area contributed by atoms with Gasteiger partial charge in [-0.2, -0.15) is 0 Å². The van der Waals surface area contributed by atoms with Crippen molar-refractivity contribution in [3.05, 3.63) is 0 Å². The fourth-order valence-electron chi connectivity index (χ4n) is 0.109. The third-order valence-corrected chi connectivity index (χ3v) is 0.856. The monoisotopic (exact) mass is 137 g/mol. The number of hydrogen-bond donors (Lipinski definition) is 0. The lowest BCUT2D eigenvalue weighted by Crippen LogP contribution is -1.64. The molecule has 0 aliphatic carbocycles. The van der Waals surface area contributed by atoms with Gasteiger partial charge in [0.2, 0.25) is 0 Å². The van der Waals surface area contributed by atoms with Gasteiger partial charge < -0.3 is 0 Å². The molecule has 0 aromatic rings. The summed E-state index contributed by atoms with van der Waals surface area (Å²) in [5, 5.41) is -0.0394. The van der Waals surface area contributed by atoms with Crippen molar-refractivity contribution in [2.75, 3.05) is 5.31 Å². The van der Waals surface area contributed by atoms with Gasteiger partial charge in [-0.15, -0.1) is 0 Å². The molecule has 1 heteroatoms. The molecule has 0 fully saturated rings. The molecule has 0 aliphatic heterocycles. The molecule has 0 amide bonds. The zero-order valence-electron chi connectivity index (χ0n) is 4.37.